The van der Waals surface area contributed by atoms with Crippen molar-refractivity contribution in [2.24, 2.45) is 17.8 Å². The molecule has 3 atom stereocenters. The fourth-order valence-corrected chi connectivity index (χ4v) is 4.42. The molecule has 1 aromatic heterocycles. The second kappa shape index (κ2) is 6.24. The van der Waals surface area contributed by atoms with Crippen LogP contribution in [0.4, 0.5) is 5.95 Å². The van der Waals surface area contributed by atoms with Gasteiger partial charge in [-0.25, -0.2) is 9.97 Å². The maximum absolute atomic E-state index is 12.8. The summed E-state index contributed by atoms with van der Waals surface area (Å²) in [5.74, 6) is 2.96. The summed E-state index contributed by atoms with van der Waals surface area (Å²) in [6, 6.07) is 1.93. The molecule has 5 rings (SSSR count). The standard InChI is InChI=1S/C19H26N4O2/c24-18(15-11-14(15)13-3-4-13)23-9-10-25-17(12-23)16-5-6-20-19(21-16)22-7-1-2-8-22/h5-6,13-15,17H,1-4,7-12H2. The summed E-state index contributed by atoms with van der Waals surface area (Å²) >= 11 is 0. The normalized spacial score (nSPS) is 32.1. The zero-order valence-corrected chi connectivity index (χ0v) is 14.6. The molecule has 2 aliphatic heterocycles. The predicted octanol–water partition coefficient (Wildman–Crippen LogP) is 2.02. The molecule has 6 nitrogen and oxygen atoms in total. The quantitative estimate of drug-likeness (QED) is 0.838. The third-order valence-electron chi connectivity index (χ3n) is 6.15. The number of nitrogens with zero attached hydrogens (tertiary/aromatic N) is 4. The summed E-state index contributed by atoms with van der Waals surface area (Å²) in [6.07, 6.45) is 7.89. The minimum atomic E-state index is -0.125. The molecule has 0 aromatic carbocycles. The van der Waals surface area contributed by atoms with Crippen LogP contribution in [0, 0.1) is 17.8 Å². The van der Waals surface area contributed by atoms with Gasteiger partial charge in [-0.15, -0.1) is 0 Å². The Bertz CT molecular complexity index is 657. The molecule has 3 unspecified atom stereocenters. The third kappa shape index (κ3) is 3.12. The number of amides is 1. The number of hydrogen-bond donors (Lipinski definition) is 0. The molecule has 0 spiro atoms. The van der Waals surface area contributed by atoms with Crippen molar-refractivity contribution in [1.82, 2.24) is 14.9 Å². The molecule has 0 bridgehead atoms. The van der Waals surface area contributed by atoms with Gasteiger partial charge in [-0.2, -0.15) is 0 Å². The van der Waals surface area contributed by atoms with Gasteiger partial charge in [-0.3, -0.25) is 4.79 Å². The Morgan fingerprint density at radius 3 is 2.84 bits per heavy atom. The average Bonchev–Trinajstić information content (AvgIpc) is 3.58. The van der Waals surface area contributed by atoms with Gasteiger partial charge in [0.05, 0.1) is 18.8 Å². The first-order chi connectivity index (χ1) is 12.3. The maximum atomic E-state index is 12.8. The SMILES string of the molecule is O=C(C1CC1C1CC1)N1CCOC(c2ccnc(N3CCCC3)n2)C1. The third-order valence-corrected chi connectivity index (χ3v) is 6.15. The summed E-state index contributed by atoms with van der Waals surface area (Å²) in [5.41, 5.74) is 0.906. The Kier molecular flexibility index (Phi) is 3.88. The monoisotopic (exact) mass is 342 g/mol. The van der Waals surface area contributed by atoms with Gasteiger partial charge in [0.1, 0.15) is 6.10 Å². The highest BCUT2D eigenvalue weighted by atomic mass is 16.5. The second-order valence-electron chi connectivity index (χ2n) is 7.96. The van der Waals surface area contributed by atoms with Crippen molar-refractivity contribution in [3.63, 3.8) is 0 Å². The fourth-order valence-electron chi connectivity index (χ4n) is 4.42. The van der Waals surface area contributed by atoms with Crippen molar-refractivity contribution in [2.75, 3.05) is 37.7 Å². The van der Waals surface area contributed by atoms with E-state index in [0.29, 0.717) is 31.5 Å². The zero-order chi connectivity index (χ0) is 16.8. The van der Waals surface area contributed by atoms with Crippen molar-refractivity contribution in [3.8, 4) is 0 Å². The van der Waals surface area contributed by atoms with Crippen LogP contribution in [-0.4, -0.2) is 53.6 Å². The minimum absolute atomic E-state index is 0.125. The highest BCUT2D eigenvalue weighted by Gasteiger charge is 2.52. The molecular formula is C19H26N4O2. The van der Waals surface area contributed by atoms with E-state index in [1.165, 1.54) is 25.7 Å². The zero-order valence-electron chi connectivity index (χ0n) is 14.6. The van der Waals surface area contributed by atoms with Gasteiger partial charge in [-0.05, 0) is 50.0 Å². The number of aromatic nitrogens is 2. The topological polar surface area (TPSA) is 58.6 Å². The first-order valence-corrected chi connectivity index (χ1v) is 9.78. The first kappa shape index (κ1) is 15.6. The number of morpholine rings is 1. The van der Waals surface area contributed by atoms with Crippen LogP contribution < -0.4 is 4.90 Å². The molecule has 2 aliphatic carbocycles. The summed E-state index contributed by atoms with van der Waals surface area (Å²) in [6.45, 7) is 4.00. The maximum Gasteiger partial charge on any atom is 0.226 e. The number of hydrogen-bond acceptors (Lipinski definition) is 5. The van der Waals surface area contributed by atoms with Gasteiger partial charge < -0.3 is 14.5 Å². The van der Waals surface area contributed by atoms with Crippen molar-refractivity contribution in [2.45, 2.75) is 38.2 Å². The first-order valence-electron chi connectivity index (χ1n) is 9.78. The highest BCUT2D eigenvalue weighted by molar-refractivity contribution is 5.82. The minimum Gasteiger partial charge on any atom is -0.368 e. The number of carbonyl (C=O) groups excluding carboxylic acids is 1. The van der Waals surface area contributed by atoms with Crippen LogP contribution in [0.5, 0.6) is 0 Å². The summed E-state index contributed by atoms with van der Waals surface area (Å²) in [7, 11) is 0. The van der Waals surface area contributed by atoms with Crippen LogP contribution in [0.1, 0.15) is 43.9 Å². The average molecular weight is 342 g/mol. The molecule has 6 heteroatoms. The molecule has 25 heavy (non-hydrogen) atoms. The van der Waals surface area contributed by atoms with E-state index in [2.05, 4.69) is 9.88 Å². The van der Waals surface area contributed by atoms with Crippen LogP contribution in [0.15, 0.2) is 12.3 Å². The van der Waals surface area contributed by atoms with Crippen LogP contribution in [-0.2, 0) is 9.53 Å². The van der Waals surface area contributed by atoms with E-state index in [1.54, 1.807) is 0 Å². The Hall–Kier alpha value is -1.69. The van der Waals surface area contributed by atoms with Crippen LogP contribution in [0.2, 0.25) is 0 Å². The van der Waals surface area contributed by atoms with Gasteiger partial charge >= 0.3 is 0 Å². The Morgan fingerprint density at radius 1 is 1.20 bits per heavy atom. The number of rotatable bonds is 4. The van der Waals surface area contributed by atoms with Gasteiger partial charge in [0, 0.05) is 31.7 Å². The van der Waals surface area contributed by atoms with Gasteiger partial charge in [0.2, 0.25) is 11.9 Å². The van der Waals surface area contributed by atoms with E-state index < -0.39 is 0 Å². The summed E-state index contributed by atoms with van der Waals surface area (Å²) in [5, 5.41) is 0. The van der Waals surface area contributed by atoms with E-state index in [1.807, 2.05) is 17.2 Å². The van der Waals surface area contributed by atoms with E-state index >= 15 is 0 Å². The lowest BCUT2D eigenvalue weighted by Gasteiger charge is -2.33. The second-order valence-corrected chi connectivity index (χ2v) is 7.96. The van der Waals surface area contributed by atoms with Gasteiger partial charge in [0.15, 0.2) is 0 Å². The molecule has 134 valence electrons. The van der Waals surface area contributed by atoms with Crippen molar-refractivity contribution < 1.29 is 9.53 Å². The molecule has 0 radical (unpaired) electrons. The predicted molar refractivity (Wildman–Crippen MR) is 93.1 cm³/mol. The Balaban J connectivity index is 1.26. The lowest BCUT2D eigenvalue weighted by Crippen LogP contribution is -2.43. The number of carbonyl (C=O) groups is 1. The smallest absolute Gasteiger partial charge is 0.226 e. The highest BCUT2D eigenvalue weighted by Crippen LogP contribution is 2.55. The van der Waals surface area contributed by atoms with E-state index in [-0.39, 0.29) is 12.0 Å². The van der Waals surface area contributed by atoms with E-state index in [4.69, 9.17) is 9.72 Å². The van der Waals surface area contributed by atoms with Crippen LogP contribution >= 0.6 is 0 Å². The molecule has 3 heterocycles. The van der Waals surface area contributed by atoms with E-state index in [9.17, 15) is 4.79 Å². The lowest BCUT2D eigenvalue weighted by molar-refractivity contribution is -0.141. The Morgan fingerprint density at radius 2 is 2.04 bits per heavy atom. The Labute approximate surface area is 148 Å². The molecular weight excluding hydrogens is 316 g/mol. The van der Waals surface area contributed by atoms with Crippen LogP contribution in [0.3, 0.4) is 0 Å². The van der Waals surface area contributed by atoms with Crippen molar-refractivity contribution in [1.29, 1.82) is 0 Å². The number of anilines is 1. The molecule has 2 saturated heterocycles. The number of ether oxygens (including phenoxy) is 1. The van der Waals surface area contributed by atoms with Gasteiger partial charge in [-0.1, -0.05) is 0 Å². The van der Waals surface area contributed by atoms with Crippen molar-refractivity contribution in [3.05, 3.63) is 18.0 Å². The van der Waals surface area contributed by atoms with Gasteiger partial charge in [0.25, 0.3) is 0 Å². The van der Waals surface area contributed by atoms with Crippen molar-refractivity contribution >= 4 is 11.9 Å². The van der Waals surface area contributed by atoms with Crippen LogP contribution in [0.25, 0.3) is 0 Å². The molecule has 4 fully saturated rings. The molecule has 1 aromatic rings. The van der Waals surface area contributed by atoms with E-state index in [0.717, 1.165) is 37.1 Å². The molecule has 1 amide bonds. The lowest BCUT2D eigenvalue weighted by atomic mass is 10.1. The summed E-state index contributed by atoms with van der Waals surface area (Å²) in [4.78, 5) is 26.2. The fraction of sp³-hybridized carbons (Fsp3) is 0.737. The largest absolute Gasteiger partial charge is 0.368 e. The molecule has 4 aliphatic rings. The molecule has 0 N–H and O–H groups in total. The summed E-state index contributed by atoms with van der Waals surface area (Å²) < 4.78 is 5.95. The molecule has 2 saturated carbocycles.